The van der Waals surface area contributed by atoms with Gasteiger partial charge in [-0.15, -0.1) is 0 Å². The predicted octanol–water partition coefficient (Wildman–Crippen LogP) is 2.73. The van der Waals surface area contributed by atoms with Gasteiger partial charge < -0.3 is 4.74 Å². The number of pyridine rings is 1. The van der Waals surface area contributed by atoms with Gasteiger partial charge in [0.05, 0.1) is 12.3 Å². The molecule has 112 valence electrons. The monoisotopic (exact) mass is 310 g/mol. The Labute approximate surface area is 122 Å². The Kier molecular flexibility index (Phi) is 4.42. The lowest BCUT2D eigenvalue weighted by molar-refractivity contribution is 0.342. The number of sulfonamides is 1. The van der Waals surface area contributed by atoms with Gasteiger partial charge in [-0.2, -0.15) is 8.42 Å². The summed E-state index contributed by atoms with van der Waals surface area (Å²) >= 11 is 0. The molecule has 1 N–H and O–H groups in total. The molecule has 0 atom stereocenters. The molecule has 1 heterocycles. The molecular weight excluding hydrogens is 295 g/mol. The zero-order chi connectivity index (χ0) is 15.5. The van der Waals surface area contributed by atoms with Crippen LogP contribution < -0.4 is 9.46 Å². The van der Waals surface area contributed by atoms with Crippen molar-refractivity contribution in [2.75, 3.05) is 11.3 Å². The molecule has 0 spiro atoms. The molecule has 0 saturated carbocycles. The first-order valence-corrected chi connectivity index (χ1v) is 7.79. The molecule has 21 heavy (non-hydrogen) atoms. The predicted molar refractivity (Wildman–Crippen MR) is 77.4 cm³/mol. The maximum Gasteiger partial charge on any atom is 0.282 e. The molecule has 0 fully saturated rings. The fourth-order valence-corrected chi connectivity index (χ4v) is 2.83. The molecule has 2 rings (SSSR count). The zero-order valence-electron chi connectivity index (χ0n) is 11.6. The second-order valence-corrected chi connectivity index (χ2v) is 5.93. The van der Waals surface area contributed by atoms with Gasteiger partial charge in [-0.25, -0.2) is 9.37 Å². The molecule has 0 unspecified atom stereocenters. The number of benzene rings is 1. The van der Waals surface area contributed by atoms with Crippen LogP contribution in [0.1, 0.15) is 12.5 Å². The Bertz CT molecular complexity index is 748. The summed E-state index contributed by atoms with van der Waals surface area (Å²) < 4.78 is 45.7. The molecule has 0 aliphatic rings. The summed E-state index contributed by atoms with van der Waals surface area (Å²) in [5.41, 5.74) is 1.16. The molecule has 7 heteroatoms. The standard InChI is InChI=1S/C14H15FN2O3S/c1-3-20-13-9-10(2)6-7-12(13)17-21(18,19)14-11(15)5-4-8-16-14/h4-9,17H,3H2,1-2H3. The first-order valence-electron chi connectivity index (χ1n) is 6.31. The third-order valence-electron chi connectivity index (χ3n) is 2.66. The summed E-state index contributed by atoms with van der Waals surface area (Å²) in [5, 5.41) is -0.645. The third-order valence-corrected chi connectivity index (χ3v) is 3.96. The van der Waals surface area contributed by atoms with E-state index in [9.17, 15) is 12.8 Å². The summed E-state index contributed by atoms with van der Waals surface area (Å²) in [6.07, 6.45) is 1.22. The van der Waals surface area contributed by atoms with Gasteiger partial charge in [0.25, 0.3) is 10.0 Å². The normalized spacial score (nSPS) is 11.2. The first-order chi connectivity index (χ1) is 9.94. The lowest BCUT2D eigenvalue weighted by Crippen LogP contribution is -2.17. The second kappa shape index (κ2) is 6.09. The van der Waals surface area contributed by atoms with E-state index in [1.807, 2.05) is 6.92 Å². The van der Waals surface area contributed by atoms with Crippen LogP contribution >= 0.6 is 0 Å². The Morgan fingerprint density at radius 2 is 2.10 bits per heavy atom. The fraction of sp³-hybridized carbons (Fsp3) is 0.214. The molecule has 0 radical (unpaired) electrons. The summed E-state index contributed by atoms with van der Waals surface area (Å²) in [6.45, 7) is 4.04. The minimum Gasteiger partial charge on any atom is -0.492 e. The van der Waals surface area contributed by atoms with Crippen LogP contribution in [0.3, 0.4) is 0 Å². The molecule has 1 aromatic heterocycles. The topological polar surface area (TPSA) is 68.3 Å². The highest BCUT2D eigenvalue weighted by molar-refractivity contribution is 7.92. The number of hydrogen-bond acceptors (Lipinski definition) is 4. The van der Waals surface area contributed by atoms with Crippen LogP contribution in [0.4, 0.5) is 10.1 Å². The van der Waals surface area contributed by atoms with Crippen molar-refractivity contribution in [1.29, 1.82) is 0 Å². The number of hydrogen-bond donors (Lipinski definition) is 1. The van der Waals surface area contributed by atoms with Crippen molar-refractivity contribution < 1.29 is 17.5 Å². The van der Waals surface area contributed by atoms with Crippen molar-refractivity contribution in [2.45, 2.75) is 18.9 Å². The van der Waals surface area contributed by atoms with Crippen LogP contribution in [0, 0.1) is 12.7 Å². The Balaban J connectivity index is 2.40. The van der Waals surface area contributed by atoms with Gasteiger partial charge in [0.15, 0.2) is 5.82 Å². The molecular formula is C14H15FN2O3S. The van der Waals surface area contributed by atoms with Crippen LogP contribution in [0.15, 0.2) is 41.6 Å². The lowest BCUT2D eigenvalue weighted by atomic mass is 10.2. The highest BCUT2D eigenvalue weighted by Crippen LogP contribution is 2.28. The van der Waals surface area contributed by atoms with Crippen molar-refractivity contribution in [1.82, 2.24) is 4.98 Å². The van der Waals surface area contributed by atoms with Crippen LogP contribution in [0.5, 0.6) is 5.75 Å². The first kappa shape index (κ1) is 15.2. The SMILES string of the molecule is CCOc1cc(C)ccc1NS(=O)(=O)c1ncccc1F. The van der Waals surface area contributed by atoms with Crippen LogP contribution in [-0.4, -0.2) is 20.0 Å². The third kappa shape index (κ3) is 3.49. The highest BCUT2D eigenvalue weighted by atomic mass is 32.2. The molecule has 0 amide bonds. The summed E-state index contributed by atoms with van der Waals surface area (Å²) in [7, 11) is -4.11. The maximum absolute atomic E-state index is 13.6. The van der Waals surface area contributed by atoms with Gasteiger partial charge in [0.2, 0.25) is 5.03 Å². The quantitative estimate of drug-likeness (QED) is 0.922. The Morgan fingerprint density at radius 3 is 2.76 bits per heavy atom. The number of halogens is 1. The summed E-state index contributed by atoms with van der Waals surface area (Å²) in [4.78, 5) is 3.57. The minimum absolute atomic E-state index is 0.243. The van der Waals surface area contributed by atoms with Gasteiger partial charge >= 0.3 is 0 Å². The van der Waals surface area contributed by atoms with Gasteiger partial charge in [-0.05, 0) is 43.7 Å². The highest BCUT2D eigenvalue weighted by Gasteiger charge is 2.22. The number of nitrogens with zero attached hydrogens (tertiary/aromatic N) is 1. The summed E-state index contributed by atoms with van der Waals surface area (Å²) in [6, 6.07) is 7.37. The average molecular weight is 310 g/mol. The van der Waals surface area contributed by atoms with E-state index in [-0.39, 0.29) is 5.69 Å². The number of nitrogens with one attached hydrogen (secondary N) is 1. The number of aromatic nitrogens is 1. The van der Waals surface area contributed by atoms with Crippen molar-refractivity contribution in [3.8, 4) is 5.75 Å². The molecule has 1 aromatic carbocycles. The number of aryl methyl sites for hydroxylation is 1. The van der Waals surface area contributed by atoms with E-state index in [4.69, 9.17) is 4.74 Å². The van der Waals surface area contributed by atoms with Gasteiger partial charge in [-0.3, -0.25) is 4.72 Å². The number of rotatable bonds is 5. The van der Waals surface area contributed by atoms with Gasteiger partial charge in [0, 0.05) is 6.20 Å². The lowest BCUT2D eigenvalue weighted by Gasteiger charge is -2.13. The second-order valence-electron chi connectivity index (χ2n) is 4.33. The molecule has 0 aliphatic carbocycles. The van der Waals surface area contributed by atoms with E-state index in [0.29, 0.717) is 12.4 Å². The van der Waals surface area contributed by atoms with Crippen molar-refractivity contribution in [2.24, 2.45) is 0 Å². The van der Waals surface area contributed by atoms with Crippen LogP contribution in [0.2, 0.25) is 0 Å². The van der Waals surface area contributed by atoms with E-state index in [2.05, 4.69) is 9.71 Å². The maximum atomic E-state index is 13.6. The number of anilines is 1. The van der Waals surface area contributed by atoms with E-state index in [1.165, 1.54) is 12.3 Å². The molecule has 0 saturated heterocycles. The molecule has 2 aromatic rings. The van der Waals surface area contributed by atoms with Crippen LogP contribution in [0.25, 0.3) is 0 Å². The summed E-state index contributed by atoms with van der Waals surface area (Å²) in [5.74, 6) is -0.521. The smallest absolute Gasteiger partial charge is 0.282 e. The Morgan fingerprint density at radius 1 is 1.33 bits per heavy atom. The van der Waals surface area contributed by atoms with E-state index >= 15 is 0 Å². The van der Waals surface area contributed by atoms with E-state index < -0.39 is 20.9 Å². The molecule has 0 aliphatic heterocycles. The molecule has 0 bridgehead atoms. The van der Waals surface area contributed by atoms with Crippen LogP contribution in [-0.2, 0) is 10.0 Å². The van der Waals surface area contributed by atoms with Gasteiger partial charge in [0.1, 0.15) is 5.75 Å². The number of ether oxygens (including phenoxy) is 1. The van der Waals surface area contributed by atoms with E-state index in [1.54, 1.807) is 25.1 Å². The average Bonchev–Trinajstić information content (AvgIpc) is 2.42. The zero-order valence-corrected chi connectivity index (χ0v) is 12.4. The van der Waals surface area contributed by atoms with Crippen molar-refractivity contribution >= 4 is 15.7 Å². The van der Waals surface area contributed by atoms with Gasteiger partial charge in [-0.1, -0.05) is 6.07 Å². The fourth-order valence-electron chi connectivity index (χ4n) is 1.75. The van der Waals surface area contributed by atoms with E-state index in [0.717, 1.165) is 11.6 Å². The minimum atomic E-state index is -4.11. The van der Waals surface area contributed by atoms with Crippen molar-refractivity contribution in [3.63, 3.8) is 0 Å². The molecule has 5 nitrogen and oxygen atoms in total. The van der Waals surface area contributed by atoms with Crippen molar-refractivity contribution in [3.05, 3.63) is 47.9 Å². The largest absolute Gasteiger partial charge is 0.492 e. The Hall–Kier alpha value is -2.15.